The van der Waals surface area contributed by atoms with Crippen LogP contribution in [-0.4, -0.2) is 11.6 Å². The van der Waals surface area contributed by atoms with Crippen molar-refractivity contribution in [3.8, 4) is 0 Å². The lowest BCUT2D eigenvalue weighted by molar-refractivity contribution is 0.103. The summed E-state index contributed by atoms with van der Waals surface area (Å²) in [6.45, 7) is 2.23. The van der Waals surface area contributed by atoms with Gasteiger partial charge in [-0.15, -0.1) is 0 Å². The summed E-state index contributed by atoms with van der Waals surface area (Å²) in [7, 11) is 0. The van der Waals surface area contributed by atoms with E-state index in [-0.39, 0.29) is 5.54 Å². The summed E-state index contributed by atoms with van der Waals surface area (Å²) in [6.07, 6.45) is 16.1. The molecule has 102 valence electrons. The molecule has 0 radical (unpaired) electrons. The molecule has 0 heterocycles. The van der Waals surface area contributed by atoms with Crippen molar-refractivity contribution in [2.45, 2.75) is 83.1 Å². The maximum atomic E-state index is 11.0. The molecule has 2 aliphatic carbocycles. The fourth-order valence-corrected chi connectivity index (χ4v) is 4.46. The van der Waals surface area contributed by atoms with Gasteiger partial charge in [0.05, 0.1) is 5.54 Å². The van der Waals surface area contributed by atoms with Gasteiger partial charge in [-0.05, 0) is 43.9 Å². The molecule has 2 fully saturated rings. The largest absolute Gasteiger partial charge is 0.235 e. The number of isocyanates is 1. The van der Waals surface area contributed by atoms with Crippen LogP contribution in [0.4, 0.5) is 0 Å². The standard InChI is InChI=1S/C16H27NO/c1-2-16(17-13-18,14-9-5-3-6-10-14)15-11-7-4-8-12-15/h14-15H,2-12H2,1H3. The van der Waals surface area contributed by atoms with E-state index in [1.54, 1.807) is 0 Å². The second kappa shape index (κ2) is 6.52. The predicted molar refractivity (Wildman–Crippen MR) is 74.3 cm³/mol. The van der Waals surface area contributed by atoms with Gasteiger partial charge in [0, 0.05) is 0 Å². The van der Waals surface area contributed by atoms with Crippen molar-refractivity contribution in [1.82, 2.24) is 0 Å². The van der Waals surface area contributed by atoms with E-state index in [2.05, 4.69) is 11.9 Å². The molecular weight excluding hydrogens is 222 g/mol. The zero-order valence-electron chi connectivity index (χ0n) is 11.8. The molecule has 0 aromatic carbocycles. The van der Waals surface area contributed by atoms with E-state index in [1.165, 1.54) is 64.2 Å². The van der Waals surface area contributed by atoms with Gasteiger partial charge >= 0.3 is 0 Å². The van der Waals surface area contributed by atoms with Crippen LogP contribution in [0, 0.1) is 11.8 Å². The first kappa shape index (κ1) is 13.8. The number of hydrogen-bond donors (Lipinski definition) is 0. The van der Waals surface area contributed by atoms with Gasteiger partial charge in [0.15, 0.2) is 0 Å². The smallest absolute Gasteiger partial charge is 0.211 e. The van der Waals surface area contributed by atoms with E-state index in [4.69, 9.17) is 0 Å². The summed E-state index contributed by atoms with van der Waals surface area (Å²) in [5.74, 6) is 1.28. The molecule has 0 unspecified atom stereocenters. The van der Waals surface area contributed by atoms with Gasteiger partial charge < -0.3 is 0 Å². The molecule has 0 saturated heterocycles. The lowest BCUT2D eigenvalue weighted by atomic mass is 9.63. The Labute approximate surface area is 111 Å². The molecular formula is C16H27NO. The molecule has 0 atom stereocenters. The van der Waals surface area contributed by atoms with Gasteiger partial charge in [0.2, 0.25) is 6.08 Å². The van der Waals surface area contributed by atoms with Crippen molar-refractivity contribution in [2.75, 3.05) is 0 Å². The number of hydrogen-bond acceptors (Lipinski definition) is 2. The average molecular weight is 249 g/mol. The van der Waals surface area contributed by atoms with E-state index in [0.29, 0.717) is 11.8 Å². The third-order valence-electron chi connectivity index (χ3n) is 5.44. The first-order chi connectivity index (χ1) is 8.83. The molecule has 2 rings (SSSR count). The summed E-state index contributed by atoms with van der Waals surface area (Å²) in [6, 6.07) is 0. The second-order valence-electron chi connectivity index (χ2n) is 6.22. The minimum Gasteiger partial charge on any atom is -0.211 e. The maximum absolute atomic E-state index is 11.0. The zero-order valence-corrected chi connectivity index (χ0v) is 11.8. The minimum absolute atomic E-state index is 0.0669. The van der Waals surface area contributed by atoms with Gasteiger partial charge in [-0.1, -0.05) is 45.4 Å². The molecule has 2 aliphatic rings. The minimum atomic E-state index is -0.0669. The Hall–Kier alpha value is -0.620. The molecule has 0 N–H and O–H groups in total. The molecule has 0 aliphatic heterocycles. The molecule has 2 heteroatoms. The highest BCUT2D eigenvalue weighted by Gasteiger charge is 2.44. The van der Waals surface area contributed by atoms with Crippen LogP contribution in [0.25, 0.3) is 0 Å². The topological polar surface area (TPSA) is 29.4 Å². The Morgan fingerprint density at radius 2 is 1.39 bits per heavy atom. The fraction of sp³-hybridized carbons (Fsp3) is 0.938. The van der Waals surface area contributed by atoms with Crippen LogP contribution >= 0.6 is 0 Å². The lowest BCUT2D eigenvalue weighted by Crippen LogP contribution is -2.44. The Kier molecular flexibility index (Phi) is 5.00. The van der Waals surface area contributed by atoms with Crippen molar-refractivity contribution in [2.24, 2.45) is 16.8 Å². The van der Waals surface area contributed by atoms with Gasteiger partial charge in [0.1, 0.15) is 0 Å². The molecule has 2 nitrogen and oxygen atoms in total. The van der Waals surface area contributed by atoms with Crippen molar-refractivity contribution < 1.29 is 4.79 Å². The first-order valence-electron chi connectivity index (χ1n) is 7.92. The summed E-state index contributed by atoms with van der Waals surface area (Å²) in [4.78, 5) is 15.4. The van der Waals surface area contributed by atoms with E-state index < -0.39 is 0 Å². The van der Waals surface area contributed by atoms with E-state index >= 15 is 0 Å². The van der Waals surface area contributed by atoms with Crippen LogP contribution in [0.3, 0.4) is 0 Å². The molecule has 18 heavy (non-hydrogen) atoms. The molecule has 2 saturated carbocycles. The molecule has 0 aromatic rings. The predicted octanol–water partition coefficient (Wildman–Crippen LogP) is 4.63. The highest BCUT2D eigenvalue weighted by Crippen LogP contribution is 2.46. The monoisotopic (exact) mass is 249 g/mol. The number of aliphatic imine (C=N–C) groups is 1. The van der Waals surface area contributed by atoms with Crippen LogP contribution in [0.5, 0.6) is 0 Å². The molecule has 0 aromatic heterocycles. The van der Waals surface area contributed by atoms with E-state index in [9.17, 15) is 4.79 Å². The Morgan fingerprint density at radius 3 is 1.72 bits per heavy atom. The summed E-state index contributed by atoms with van der Waals surface area (Å²) in [5, 5.41) is 0. The summed E-state index contributed by atoms with van der Waals surface area (Å²) >= 11 is 0. The number of nitrogens with zero attached hydrogens (tertiary/aromatic N) is 1. The van der Waals surface area contributed by atoms with Crippen LogP contribution < -0.4 is 0 Å². The highest BCUT2D eigenvalue weighted by molar-refractivity contribution is 5.35. The third kappa shape index (κ3) is 2.69. The van der Waals surface area contributed by atoms with Crippen molar-refractivity contribution in [3.05, 3.63) is 0 Å². The summed E-state index contributed by atoms with van der Waals surface area (Å²) in [5.41, 5.74) is -0.0669. The van der Waals surface area contributed by atoms with E-state index in [0.717, 1.165) is 6.42 Å². The van der Waals surface area contributed by atoms with Gasteiger partial charge in [-0.2, -0.15) is 4.99 Å². The molecule has 0 spiro atoms. The van der Waals surface area contributed by atoms with Crippen LogP contribution in [-0.2, 0) is 4.79 Å². The fourth-order valence-electron chi connectivity index (χ4n) is 4.46. The summed E-state index contributed by atoms with van der Waals surface area (Å²) < 4.78 is 0. The van der Waals surface area contributed by atoms with Crippen LogP contribution in [0.15, 0.2) is 4.99 Å². The normalized spacial score (nSPS) is 23.6. The number of rotatable bonds is 4. The second-order valence-corrected chi connectivity index (χ2v) is 6.22. The van der Waals surface area contributed by atoms with Gasteiger partial charge in [-0.3, -0.25) is 0 Å². The first-order valence-corrected chi connectivity index (χ1v) is 7.92. The van der Waals surface area contributed by atoms with Gasteiger partial charge in [0.25, 0.3) is 0 Å². The quantitative estimate of drug-likeness (QED) is 0.527. The SMILES string of the molecule is CCC(N=C=O)(C1CCCCC1)C1CCCCC1. The highest BCUT2D eigenvalue weighted by atomic mass is 16.1. The zero-order chi connectivity index (χ0) is 12.8. The maximum Gasteiger partial charge on any atom is 0.235 e. The van der Waals surface area contributed by atoms with E-state index in [1.807, 2.05) is 6.08 Å². The number of carbonyl (C=O) groups excluding carboxylic acids is 1. The third-order valence-corrected chi connectivity index (χ3v) is 5.44. The van der Waals surface area contributed by atoms with Gasteiger partial charge in [-0.25, -0.2) is 4.79 Å². The Morgan fingerprint density at radius 1 is 0.944 bits per heavy atom. The van der Waals surface area contributed by atoms with Crippen molar-refractivity contribution >= 4 is 6.08 Å². The van der Waals surface area contributed by atoms with Crippen molar-refractivity contribution in [3.63, 3.8) is 0 Å². The molecule has 0 bridgehead atoms. The molecule has 0 amide bonds. The average Bonchev–Trinajstić information content (AvgIpc) is 2.47. The Balaban J connectivity index is 2.21. The van der Waals surface area contributed by atoms with Crippen LogP contribution in [0.2, 0.25) is 0 Å². The van der Waals surface area contributed by atoms with Crippen LogP contribution in [0.1, 0.15) is 77.6 Å². The Bertz CT molecular complexity index is 276. The van der Waals surface area contributed by atoms with Crippen molar-refractivity contribution in [1.29, 1.82) is 0 Å². The lowest BCUT2D eigenvalue weighted by Gasteiger charge is -2.45.